The largest absolute Gasteiger partial charge is 0.380 e. The Morgan fingerprint density at radius 1 is 1.36 bits per heavy atom. The summed E-state index contributed by atoms with van der Waals surface area (Å²) in [7, 11) is 1.66. The van der Waals surface area contributed by atoms with Gasteiger partial charge in [0, 0.05) is 37.7 Å². The average Bonchev–Trinajstić information content (AvgIpc) is 3.21. The smallest absolute Gasteiger partial charge is 0.191 e. The number of benzene rings is 1. The zero-order chi connectivity index (χ0) is 15.2. The quantitative estimate of drug-likeness (QED) is 0.319. The maximum absolute atomic E-state index is 13.7. The van der Waals surface area contributed by atoms with Gasteiger partial charge in [0.15, 0.2) is 5.96 Å². The highest BCUT2D eigenvalue weighted by molar-refractivity contribution is 14.0. The number of nitrogens with one attached hydrogen (secondary N) is 2. The van der Waals surface area contributed by atoms with E-state index in [2.05, 4.69) is 15.6 Å². The number of ether oxygens (including phenoxy) is 1. The second-order valence-electron chi connectivity index (χ2n) is 4.92. The van der Waals surface area contributed by atoms with Crippen molar-refractivity contribution in [2.75, 3.05) is 26.8 Å². The average molecular weight is 425 g/mol. The highest BCUT2D eigenvalue weighted by Crippen LogP contribution is 2.42. The molecule has 0 radical (unpaired) electrons. The third kappa shape index (κ3) is 5.05. The van der Waals surface area contributed by atoms with Crippen LogP contribution >= 0.6 is 24.0 Å². The zero-order valence-corrected chi connectivity index (χ0v) is 15.1. The Kier molecular flexibility index (Phi) is 8.02. The molecule has 2 rings (SSSR count). The van der Waals surface area contributed by atoms with Crippen LogP contribution in [0.25, 0.3) is 0 Å². The standard InChI is InChI=1S/C15H21F2N3O.HI/c1-3-21-8-7-19-15(18-2)20-13-9-10(13)14-11(16)5-4-6-12(14)17;/h4-6,10,13H,3,7-9H2,1-2H3,(H2,18,19,20);1H. The molecule has 0 heterocycles. The fourth-order valence-electron chi connectivity index (χ4n) is 2.29. The molecule has 1 fully saturated rings. The third-order valence-corrected chi connectivity index (χ3v) is 3.45. The van der Waals surface area contributed by atoms with Gasteiger partial charge in [-0.15, -0.1) is 24.0 Å². The van der Waals surface area contributed by atoms with Gasteiger partial charge in [-0.3, -0.25) is 4.99 Å². The van der Waals surface area contributed by atoms with Gasteiger partial charge >= 0.3 is 0 Å². The number of guanidine groups is 1. The summed E-state index contributed by atoms with van der Waals surface area (Å²) in [4.78, 5) is 4.09. The molecular weight excluding hydrogens is 403 g/mol. The first-order valence-electron chi connectivity index (χ1n) is 7.16. The van der Waals surface area contributed by atoms with Crippen LogP contribution in [0.5, 0.6) is 0 Å². The summed E-state index contributed by atoms with van der Waals surface area (Å²) < 4.78 is 32.6. The van der Waals surface area contributed by atoms with Crippen LogP contribution in [0.2, 0.25) is 0 Å². The predicted octanol–water partition coefficient (Wildman–Crippen LogP) is 2.64. The second-order valence-corrected chi connectivity index (χ2v) is 4.92. The van der Waals surface area contributed by atoms with E-state index in [-0.39, 0.29) is 41.5 Å². The van der Waals surface area contributed by atoms with Crippen LogP contribution in [-0.2, 0) is 4.74 Å². The highest BCUT2D eigenvalue weighted by atomic mass is 127. The van der Waals surface area contributed by atoms with Crippen molar-refractivity contribution in [3.8, 4) is 0 Å². The lowest BCUT2D eigenvalue weighted by Gasteiger charge is -2.12. The second kappa shape index (κ2) is 9.24. The number of halogens is 3. The van der Waals surface area contributed by atoms with Gasteiger partial charge in [0.1, 0.15) is 11.6 Å². The van der Waals surface area contributed by atoms with Crippen molar-refractivity contribution in [3.05, 3.63) is 35.4 Å². The van der Waals surface area contributed by atoms with E-state index >= 15 is 0 Å². The van der Waals surface area contributed by atoms with E-state index in [1.54, 1.807) is 7.05 Å². The number of aliphatic imine (C=N–C) groups is 1. The molecule has 1 aromatic carbocycles. The molecule has 2 N–H and O–H groups in total. The van der Waals surface area contributed by atoms with Crippen molar-refractivity contribution < 1.29 is 13.5 Å². The monoisotopic (exact) mass is 425 g/mol. The third-order valence-electron chi connectivity index (χ3n) is 3.45. The van der Waals surface area contributed by atoms with Crippen LogP contribution in [0, 0.1) is 11.6 Å². The topological polar surface area (TPSA) is 45.6 Å². The molecule has 2 atom stereocenters. The maximum atomic E-state index is 13.7. The molecule has 1 aliphatic rings. The number of hydrogen-bond donors (Lipinski definition) is 2. The minimum absolute atomic E-state index is 0. The van der Waals surface area contributed by atoms with Crippen LogP contribution in [0.15, 0.2) is 23.2 Å². The molecule has 124 valence electrons. The van der Waals surface area contributed by atoms with Gasteiger partial charge in [-0.1, -0.05) is 6.07 Å². The fraction of sp³-hybridized carbons (Fsp3) is 0.533. The summed E-state index contributed by atoms with van der Waals surface area (Å²) in [5, 5.41) is 6.27. The van der Waals surface area contributed by atoms with Crippen molar-refractivity contribution in [1.29, 1.82) is 0 Å². The Balaban J connectivity index is 0.00000242. The number of nitrogens with zero attached hydrogens (tertiary/aromatic N) is 1. The van der Waals surface area contributed by atoms with E-state index in [1.165, 1.54) is 18.2 Å². The van der Waals surface area contributed by atoms with E-state index in [9.17, 15) is 8.78 Å². The summed E-state index contributed by atoms with van der Waals surface area (Å²) in [6, 6.07) is 3.98. The van der Waals surface area contributed by atoms with E-state index in [4.69, 9.17) is 4.74 Å². The molecule has 0 spiro atoms. The van der Waals surface area contributed by atoms with Crippen LogP contribution in [-0.4, -0.2) is 38.8 Å². The van der Waals surface area contributed by atoms with Crippen LogP contribution in [0.1, 0.15) is 24.8 Å². The highest BCUT2D eigenvalue weighted by Gasteiger charge is 2.42. The molecule has 22 heavy (non-hydrogen) atoms. The molecule has 0 saturated heterocycles. The Hall–Kier alpha value is -0.960. The van der Waals surface area contributed by atoms with Crippen molar-refractivity contribution in [3.63, 3.8) is 0 Å². The SMILES string of the molecule is CCOCCNC(=NC)NC1CC1c1c(F)cccc1F.I. The minimum Gasteiger partial charge on any atom is -0.380 e. The summed E-state index contributed by atoms with van der Waals surface area (Å²) >= 11 is 0. The van der Waals surface area contributed by atoms with Gasteiger partial charge in [0.25, 0.3) is 0 Å². The Labute approximate surface area is 146 Å². The summed E-state index contributed by atoms with van der Waals surface area (Å²) in [5.74, 6) is -0.484. The van der Waals surface area contributed by atoms with E-state index in [0.717, 1.165) is 0 Å². The normalized spacial score (nSPS) is 20.3. The number of hydrogen-bond acceptors (Lipinski definition) is 2. The van der Waals surface area contributed by atoms with Crippen LogP contribution in [0.4, 0.5) is 8.78 Å². The summed E-state index contributed by atoms with van der Waals surface area (Å²) in [6.45, 7) is 3.84. The molecule has 1 saturated carbocycles. The molecule has 1 aromatic rings. The molecule has 0 bridgehead atoms. The lowest BCUT2D eigenvalue weighted by atomic mass is 10.1. The van der Waals surface area contributed by atoms with Crippen molar-refractivity contribution in [2.24, 2.45) is 4.99 Å². The molecule has 2 unspecified atom stereocenters. The van der Waals surface area contributed by atoms with E-state index in [1.807, 2.05) is 6.92 Å². The van der Waals surface area contributed by atoms with E-state index in [0.29, 0.717) is 32.1 Å². The Morgan fingerprint density at radius 3 is 2.64 bits per heavy atom. The first-order chi connectivity index (χ1) is 10.2. The maximum Gasteiger partial charge on any atom is 0.191 e. The van der Waals surface area contributed by atoms with Gasteiger partial charge in [0.2, 0.25) is 0 Å². The number of rotatable bonds is 6. The molecule has 7 heteroatoms. The fourth-order valence-corrected chi connectivity index (χ4v) is 2.29. The van der Waals surface area contributed by atoms with Gasteiger partial charge in [-0.2, -0.15) is 0 Å². The predicted molar refractivity (Wildman–Crippen MR) is 93.9 cm³/mol. The Bertz CT molecular complexity index is 493. The van der Waals surface area contributed by atoms with Gasteiger partial charge in [-0.25, -0.2) is 8.78 Å². The van der Waals surface area contributed by atoms with Crippen molar-refractivity contribution in [1.82, 2.24) is 10.6 Å². The van der Waals surface area contributed by atoms with Crippen LogP contribution in [0.3, 0.4) is 0 Å². The molecule has 4 nitrogen and oxygen atoms in total. The van der Waals surface area contributed by atoms with Gasteiger partial charge in [0.05, 0.1) is 6.61 Å². The van der Waals surface area contributed by atoms with Crippen molar-refractivity contribution in [2.45, 2.75) is 25.3 Å². The van der Waals surface area contributed by atoms with Gasteiger partial charge < -0.3 is 15.4 Å². The summed E-state index contributed by atoms with van der Waals surface area (Å²) in [5.41, 5.74) is 0.166. The molecule has 1 aliphatic carbocycles. The lowest BCUT2D eigenvalue weighted by molar-refractivity contribution is 0.152. The first-order valence-corrected chi connectivity index (χ1v) is 7.16. The Morgan fingerprint density at radius 2 is 2.05 bits per heavy atom. The van der Waals surface area contributed by atoms with Gasteiger partial charge in [-0.05, 0) is 25.5 Å². The summed E-state index contributed by atoms with van der Waals surface area (Å²) in [6.07, 6.45) is 0.698. The lowest BCUT2D eigenvalue weighted by Crippen LogP contribution is -2.40. The first kappa shape index (κ1) is 19.1. The molecular formula is C15H22F2IN3O. The molecule has 0 aliphatic heterocycles. The van der Waals surface area contributed by atoms with Crippen LogP contribution < -0.4 is 10.6 Å². The van der Waals surface area contributed by atoms with Crippen molar-refractivity contribution >= 4 is 29.9 Å². The van der Waals surface area contributed by atoms with E-state index < -0.39 is 11.6 Å². The molecule has 0 amide bonds. The minimum atomic E-state index is -0.483. The molecule has 0 aromatic heterocycles. The zero-order valence-electron chi connectivity index (χ0n) is 12.7.